The van der Waals surface area contributed by atoms with E-state index in [1.54, 1.807) is 6.26 Å². The van der Waals surface area contributed by atoms with Crippen LogP contribution in [0.1, 0.15) is 36.6 Å². The van der Waals surface area contributed by atoms with Gasteiger partial charge in [0.05, 0.1) is 12.3 Å². The van der Waals surface area contributed by atoms with Crippen molar-refractivity contribution in [2.45, 2.75) is 31.7 Å². The minimum absolute atomic E-state index is 0.165. The fourth-order valence-electron chi connectivity index (χ4n) is 2.64. The molecule has 1 aromatic heterocycles. The van der Waals surface area contributed by atoms with Crippen LogP contribution >= 0.6 is 0 Å². The summed E-state index contributed by atoms with van der Waals surface area (Å²) in [6, 6.07) is 2.16. The third kappa shape index (κ3) is 2.22. The van der Waals surface area contributed by atoms with Crippen molar-refractivity contribution >= 4 is 5.91 Å². The molecular weight excluding hydrogens is 216 g/mol. The van der Waals surface area contributed by atoms with E-state index < -0.39 is 0 Å². The van der Waals surface area contributed by atoms with E-state index >= 15 is 0 Å². The Morgan fingerprint density at radius 1 is 1.53 bits per heavy atom. The summed E-state index contributed by atoms with van der Waals surface area (Å²) in [5.74, 6) is 1.75. The summed E-state index contributed by atoms with van der Waals surface area (Å²) < 4.78 is 5.42. The normalized spacial score (nSPS) is 23.9. The second-order valence-corrected chi connectivity index (χ2v) is 5.04. The molecule has 0 saturated carbocycles. The lowest BCUT2D eigenvalue weighted by atomic mass is 9.92. The molecule has 1 unspecified atom stereocenters. The summed E-state index contributed by atoms with van der Waals surface area (Å²) in [6.45, 7) is 1.96. The Morgan fingerprint density at radius 2 is 2.41 bits per heavy atom. The van der Waals surface area contributed by atoms with Crippen molar-refractivity contribution in [3.8, 4) is 0 Å². The first-order chi connectivity index (χ1) is 8.33. The average Bonchev–Trinajstić information content (AvgIpc) is 2.73. The first kappa shape index (κ1) is 10.8. The van der Waals surface area contributed by atoms with Crippen LogP contribution in [0, 0.1) is 5.92 Å². The average molecular weight is 234 g/mol. The van der Waals surface area contributed by atoms with Gasteiger partial charge < -0.3 is 15.1 Å². The molecule has 1 aliphatic carbocycles. The number of carbonyl (C=O) groups excluding carboxylic acids is 1. The van der Waals surface area contributed by atoms with Gasteiger partial charge in [0.1, 0.15) is 5.76 Å². The van der Waals surface area contributed by atoms with E-state index in [9.17, 15) is 4.79 Å². The molecule has 17 heavy (non-hydrogen) atoms. The number of hydrogen-bond acceptors (Lipinski definition) is 3. The number of carbonyl (C=O) groups is 1. The van der Waals surface area contributed by atoms with E-state index in [0.29, 0.717) is 12.3 Å². The van der Waals surface area contributed by atoms with Gasteiger partial charge in [-0.25, -0.2) is 0 Å². The van der Waals surface area contributed by atoms with E-state index in [1.807, 2.05) is 6.07 Å². The van der Waals surface area contributed by atoms with Crippen molar-refractivity contribution in [3.05, 3.63) is 23.7 Å². The molecule has 2 heterocycles. The highest BCUT2D eigenvalue weighted by atomic mass is 16.3. The molecule has 0 spiro atoms. The van der Waals surface area contributed by atoms with Gasteiger partial charge in [-0.05, 0) is 37.9 Å². The van der Waals surface area contributed by atoms with Gasteiger partial charge in [-0.1, -0.05) is 0 Å². The minimum atomic E-state index is 0.165. The lowest BCUT2D eigenvalue weighted by Gasteiger charge is -2.28. The first-order valence-electron chi connectivity index (χ1n) is 6.39. The molecule has 2 aliphatic rings. The van der Waals surface area contributed by atoms with Crippen molar-refractivity contribution < 1.29 is 9.21 Å². The number of nitrogens with one attached hydrogen (secondary N) is 2. The minimum Gasteiger partial charge on any atom is -0.469 e. The molecule has 1 aliphatic heterocycles. The van der Waals surface area contributed by atoms with Crippen LogP contribution in [-0.2, 0) is 11.2 Å². The summed E-state index contributed by atoms with van der Waals surface area (Å²) in [4.78, 5) is 11.9. The van der Waals surface area contributed by atoms with Crippen LogP contribution in [0.25, 0.3) is 0 Å². The van der Waals surface area contributed by atoms with Crippen LogP contribution in [0.4, 0.5) is 0 Å². The van der Waals surface area contributed by atoms with E-state index in [0.717, 1.165) is 38.1 Å². The largest absolute Gasteiger partial charge is 0.469 e. The summed E-state index contributed by atoms with van der Waals surface area (Å²) >= 11 is 0. The number of amides is 1. The Morgan fingerprint density at radius 3 is 3.18 bits per heavy atom. The second-order valence-electron chi connectivity index (χ2n) is 5.04. The molecule has 4 heteroatoms. The maximum absolute atomic E-state index is 11.9. The van der Waals surface area contributed by atoms with Crippen LogP contribution in [0.5, 0.6) is 0 Å². The molecule has 0 bridgehead atoms. The molecule has 1 atom stereocenters. The van der Waals surface area contributed by atoms with E-state index in [4.69, 9.17) is 4.42 Å². The van der Waals surface area contributed by atoms with Crippen molar-refractivity contribution in [2.24, 2.45) is 5.92 Å². The SMILES string of the molecule is O=C(CC1CNC1)NC1CCCc2occc21. The molecule has 92 valence electrons. The molecule has 2 N–H and O–H groups in total. The topological polar surface area (TPSA) is 54.3 Å². The van der Waals surface area contributed by atoms with Gasteiger partial charge in [-0.15, -0.1) is 0 Å². The third-order valence-electron chi connectivity index (χ3n) is 3.73. The maximum atomic E-state index is 11.9. The van der Waals surface area contributed by atoms with Crippen molar-refractivity contribution in [2.75, 3.05) is 13.1 Å². The number of aryl methyl sites for hydroxylation is 1. The van der Waals surface area contributed by atoms with E-state index in [2.05, 4.69) is 10.6 Å². The lowest BCUT2D eigenvalue weighted by molar-refractivity contribution is -0.123. The van der Waals surface area contributed by atoms with Crippen LogP contribution in [0.15, 0.2) is 16.7 Å². The monoisotopic (exact) mass is 234 g/mol. The van der Waals surface area contributed by atoms with E-state index in [-0.39, 0.29) is 11.9 Å². The summed E-state index contributed by atoms with van der Waals surface area (Å²) in [5.41, 5.74) is 1.18. The number of furan rings is 1. The highest BCUT2D eigenvalue weighted by Gasteiger charge is 2.26. The van der Waals surface area contributed by atoms with Crippen LogP contribution in [0.2, 0.25) is 0 Å². The van der Waals surface area contributed by atoms with Crippen molar-refractivity contribution in [3.63, 3.8) is 0 Å². The predicted molar refractivity (Wildman–Crippen MR) is 63.5 cm³/mol. The Labute approximate surface area is 101 Å². The molecule has 3 rings (SSSR count). The highest BCUT2D eigenvalue weighted by Crippen LogP contribution is 2.30. The van der Waals surface area contributed by atoms with Gasteiger partial charge in [0.15, 0.2) is 0 Å². The fraction of sp³-hybridized carbons (Fsp3) is 0.615. The van der Waals surface area contributed by atoms with E-state index in [1.165, 1.54) is 5.56 Å². The lowest BCUT2D eigenvalue weighted by Crippen LogP contribution is -2.45. The summed E-state index contributed by atoms with van der Waals surface area (Å²) in [5, 5.41) is 6.32. The first-order valence-corrected chi connectivity index (χ1v) is 6.39. The number of hydrogen-bond donors (Lipinski definition) is 2. The second kappa shape index (κ2) is 4.53. The van der Waals surface area contributed by atoms with Gasteiger partial charge in [0.2, 0.25) is 5.91 Å². The molecule has 0 radical (unpaired) electrons. The molecule has 0 aromatic carbocycles. The zero-order chi connectivity index (χ0) is 11.7. The smallest absolute Gasteiger partial charge is 0.220 e. The zero-order valence-corrected chi connectivity index (χ0v) is 9.87. The Kier molecular flexibility index (Phi) is 2.89. The highest BCUT2D eigenvalue weighted by molar-refractivity contribution is 5.77. The Bertz CT molecular complexity index is 409. The molecular formula is C13H18N2O2. The molecule has 1 saturated heterocycles. The maximum Gasteiger partial charge on any atom is 0.220 e. The van der Waals surface area contributed by atoms with Crippen molar-refractivity contribution in [1.29, 1.82) is 0 Å². The van der Waals surface area contributed by atoms with Crippen LogP contribution < -0.4 is 10.6 Å². The molecule has 1 fully saturated rings. The van der Waals surface area contributed by atoms with Crippen LogP contribution in [0.3, 0.4) is 0 Å². The van der Waals surface area contributed by atoms with Crippen molar-refractivity contribution in [1.82, 2.24) is 10.6 Å². The molecule has 1 aromatic rings. The summed E-state index contributed by atoms with van der Waals surface area (Å²) in [7, 11) is 0. The molecule has 4 nitrogen and oxygen atoms in total. The zero-order valence-electron chi connectivity index (χ0n) is 9.87. The molecule has 1 amide bonds. The van der Waals surface area contributed by atoms with Gasteiger partial charge in [-0.2, -0.15) is 0 Å². The number of fused-ring (bicyclic) bond motifs is 1. The Balaban J connectivity index is 1.60. The number of rotatable bonds is 3. The predicted octanol–water partition coefficient (Wildman–Crippen LogP) is 1.38. The standard InChI is InChI=1S/C13H18N2O2/c16-13(6-9-7-14-8-9)15-11-2-1-3-12-10(11)4-5-17-12/h4-5,9,11,14H,1-3,6-8H2,(H,15,16). The fourth-order valence-corrected chi connectivity index (χ4v) is 2.64. The van der Waals surface area contributed by atoms with Gasteiger partial charge in [-0.3, -0.25) is 4.79 Å². The van der Waals surface area contributed by atoms with Gasteiger partial charge in [0.25, 0.3) is 0 Å². The third-order valence-corrected chi connectivity index (χ3v) is 3.73. The van der Waals surface area contributed by atoms with Gasteiger partial charge in [0, 0.05) is 18.4 Å². The Hall–Kier alpha value is -1.29. The quantitative estimate of drug-likeness (QED) is 0.830. The van der Waals surface area contributed by atoms with Gasteiger partial charge >= 0.3 is 0 Å². The summed E-state index contributed by atoms with van der Waals surface area (Å²) in [6.07, 6.45) is 5.50. The van der Waals surface area contributed by atoms with Crippen LogP contribution in [-0.4, -0.2) is 19.0 Å².